The van der Waals surface area contributed by atoms with Gasteiger partial charge in [-0.1, -0.05) is 25.1 Å². The van der Waals surface area contributed by atoms with E-state index in [0.717, 1.165) is 38.1 Å². The Morgan fingerprint density at radius 1 is 1.21 bits per heavy atom. The lowest BCUT2D eigenvalue weighted by atomic mass is 9.98. The van der Waals surface area contributed by atoms with Crippen LogP contribution in [0, 0.1) is 0 Å². The van der Waals surface area contributed by atoms with E-state index < -0.39 is 0 Å². The number of para-hydroxylation sites is 1. The van der Waals surface area contributed by atoms with Crippen LogP contribution in [0.4, 0.5) is 0 Å². The van der Waals surface area contributed by atoms with Crippen molar-refractivity contribution in [1.82, 2.24) is 15.2 Å². The number of nitrogens with zero attached hydrogens (tertiary/aromatic N) is 2. The first-order chi connectivity index (χ1) is 9.40. The molecule has 19 heavy (non-hydrogen) atoms. The van der Waals surface area contributed by atoms with Crippen LogP contribution in [0.15, 0.2) is 36.5 Å². The van der Waals surface area contributed by atoms with Gasteiger partial charge in [0.15, 0.2) is 0 Å². The summed E-state index contributed by atoms with van der Waals surface area (Å²) in [7, 11) is 0. The summed E-state index contributed by atoms with van der Waals surface area (Å²) in [4.78, 5) is 7.07. The number of fused-ring (bicyclic) bond motifs is 1. The molecule has 0 saturated carbocycles. The minimum absolute atomic E-state index is 0.509. The highest BCUT2D eigenvalue weighted by Gasteiger charge is 2.21. The van der Waals surface area contributed by atoms with Gasteiger partial charge in [-0.2, -0.15) is 0 Å². The average molecular weight is 255 g/mol. The smallest absolute Gasteiger partial charge is 0.0705 e. The molecule has 1 saturated heterocycles. The molecule has 1 aromatic carbocycles. The van der Waals surface area contributed by atoms with Crippen molar-refractivity contribution in [2.24, 2.45) is 0 Å². The lowest BCUT2D eigenvalue weighted by Gasteiger charge is -2.35. The molecule has 0 radical (unpaired) electrons. The highest BCUT2D eigenvalue weighted by atomic mass is 15.2. The average Bonchev–Trinajstić information content (AvgIpc) is 2.49. The van der Waals surface area contributed by atoms with Crippen molar-refractivity contribution in [3.63, 3.8) is 0 Å². The van der Waals surface area contributed by atoms with E-state index in [9.17, 15) is 0 Å². The van der Waals surface area contributed by atoms with Crippen molar-refractivity contribution in [2.45, 2.75) is 19.4 Å². The molecule has 0 spiro atoms. The Hall–Kier alpha value is -1.45. The van der Waals surface area contributed by atoms with E-state index in [1.54, 1.807) is 0 Å². The van der Waals surface area contributed by atoms with Gasteiger partial charge in [0.2, 0.25) is 0 Å². The quantitative estimate of drug-likeness (QED) is 0.913. The second kappa shape index (κ2) is 5.68. The summed E-state index contributed by atoms with van der Waals surface area (Å²) in [6.07, 6.45) is 3.09. The molecular weight excluding hydrogens is 234 g/mol. The number of hydrogen-bond donors (Lipinski definition) is 1. The predicted molar refractivity (Wildman–Crippen MR) is 79.2 cm³/mol. The molecule has 0 bridgehead atoms. The Bertz CT molecular complexity index is 541. The summed E-state index contributed by atoms with van der Waals surface area (Å²) in [5.74, 6) is 0. The first-order valence-electron chi connectivity index (χ1n) is 7.18. The first-order valence-corrected chi connectivity index (χ1v) is 7.18. The highest BCUT2D eigenvalue weighted by Crippen LogP contribution is 2.29. The number of piperazine rings is 1. The van der Waals surface area contributed by atoms with Gasteiger partial charge in [0.05, 0.1) is 5.52 Å². The summed E-state index contributed by atoms with van der Waals surface area (Å²) in [6, 6.07) is 11.2. The lowest BCUT2D eigenvalue weighted by molar-refractivity contribution is 0.170. The molecule has 100 valence electrons. The highest BCUT2D eigenvalue weighted by molar-refractivity contribution is 5.82. The van der Waals surface area contributed by atoms with E-state index in [0.29, 0.717) is 6.04 Å². The third-order valence-corrected chi connectivity index (χ3v) is 4.02. The zero-order chi connectivity index (χ0) is 13.1. The van der Waals surface area contributed by atoms with Crippen molar-refractivity contribution >= 4 is 10.9 Å². The SMILES string of the molecule is CC[C@H](c1ccnc2ccccc12)N1CCNCC1. The van der Waals surface area contributed by atoms with E-state index in [2.05, 4.69) is 52.5 Å². The number of nitrogens with one attached hydrogen (secondary N) is 1. The zero-order valence-electron chi connectivity index (χ0n) is 11.5. The lowest BCUT2D eigenvalue weighted by Crippen LogP contribution is -2.45. The van der Waals surface area contributed by atoms with Gasteiger partial charge in [0.1, 0.15) is 0 Å². The van der Waals surface area contributed by atoms with Crippen LogP contribution in [-0.4, -0.2) is 36.1 Å². The summed E-state index contributed by atoms with van der Waals surface area (Å²) in [5.41, 5.74) is 2.53. The number of benzene rings is 1. The van der Waals surface area contributed by atoms with Crippen LogP contribution in [0.25, 0.3) is 10.9 Å². The molecule has 1 aliphatic rings. The minimum Gasteiger partial charge on any atom is -0.314 e. The van der Waals surface area contributed by atoms with Crippen LogP contribution in [0.1, 0.15) is 24.9 Å². The number of pyridine rings is 1. The molecule has 2 aromatic rings. The third-order valence-electron chi connectivity index (χ3n) is 4.02. The van der Waals surface area contributed by atoms with Gasteiger partial charge < -0.3 is 5.32 Å². The van der Waals surface area contributed by atoms with E-state index in [-0.39, 0.29) is 0 Å². The van der Waals surface area contributed by atoms with E-state index in [1.807, 2.05) is 6.20 Å². The Morgan fingerprint density at radius 3 is 2.79 bits per heavy atom. The van der Waals surface area contributed by atoms with Crippen LogP contribution in [0.3, 0.4) is 0 Å². The standard InChI is InChI=1S/C16H21N3/c1-2-16(19-11-9-17-10-12-19)14-7-8-18-15-6-4-3-5-13(14)15/h3-8,16-17H,2,9-12H2,1H3/t16-/m1/s1. The number of rotatable bonds is 3. The van der Waals surface area contributed by atoms with Crippen LogP contribution in [-0.2, 0) is 0 Å². The van der Waals surface area contributed by atoms with Crippen molar-refractivity contribution < 1.29 is 0 Å². The monoisotopic (exact) mass is 255 g/mol. The predicted octanol–water partition coefficient (Wildman–Crippen LogP) is 2.59. The Morgan fingerprint density at radius 2 is 2.00 bits per heavy atom. The van der Waals surface area contributed by atoms with Crippen molar-refractivity contribution in [1.29, 1.82) is 0 Å². The topological polar surface area (TPSA) is 28.2 Å². The summed E-state index contributed by atoms with van der Waals surface area (Å²) < 4.78 is 0. The summed E-state index contributed by atoms with van der Waals surface area (Å²) >= 11 is 0. The maximum atomic E-state index is 4.47. The Kier molecular flexibility index (Phi) is 3.76. The fraction of sp³-hybridized carbons (Fsp3) is 0.438. The molecule has 1 atom stereocenters. The van der Waals surface area contributed by atoms with Gasteiger partial charge in [0, 0.05) is 43.8 Å². The van der Waals surface area contributed by atoms with Gasteiger partial charge in [-0.15, -0.1) is 0 Å². The molecule has 1 fully saturated rings. The molecule has 0 aliphatic carbocycles. The van der Waals surface area contributed by atoms with Crippen LogP contribution in [0.5, 0.6) is 0 Å². The molecule has 3 nitrogen and oxygen atoms in total. The molecule has 0 amide bonds. The van der Waals surface area contributed by atoms with Crippen LogP contribution < -0.4 is 5.32 Å². The molecule has 0 unspecified atom stereocenters. The molecule has 1 aromatic heterocycles. The van der Waals surface area contributed by atoms with E-state index in [4.69, 9.17) is 0 Å². The van der Waals surface area contributed by atoms with Gasteiger partial charge in [0.25, 0.3) is 0 Å². The molecule has 2 heterocycles. The maximum absolute atomic E-state index is 4.47. The zero-order valence-corrected chi connectivity index (χ0v) is 11.5. The van der Waals surface area contributed by atoms with Crippen molar-refractivity contribution in [2.75, 3.05) is 26.2 Å². The summed E-state index contributed by atoms with van der Waals surface area (Å²) in [6.45, 7) is 6.74. The van der Waals surface area contributed by atoms with E-state index in [1.165, 1.54) is 10.9 Å². The number of aromatic nitrogens is 1. The largest absolute Gasteiger partial charge is 0.314 e. The Balaban J connectivity index is 2.00. The molecule has 3 heteroatoms. The molecule has 1 aliphatic heterocycles. The minimum atomic E-state index is 0.509. The molecular formula is C16H21N3. The first kappa shape index (κ1) is 12.6. The second-order valence-corrected chi connectivity index (χ2v) is 5.13. The van der Waals surface area contributed by atoms with Gasteiger partial charge in [-0.05, 0) is 24.1 Å². The maximum Gasteiger partial charge on any atom is 0.0705 e. The summed E-state index contributed by atoms with van der Waals surface area (Å²) in [5, 5.41) is 4.73. The molecule has 1 N–H and O–H groups in total. The molecule has 3 rings (SSSR count). The van der Waals surface area contributed by atoms with Crippen molar-refractivity contribution in [3.05, 3.63) is 42.1 Å². The van der Waals surface area contributed by atoms with Gasteiger partial charge in [-0.3, -0.25) is 9.88 Å². The van der Waals surface area contributed by atoms with Crippen molar-refractivity contribution in [3.8, 4) is 0 Å². The van der Waals surface area contributed by atoms with Gasteiger partial charge >= 0.3 is 0 Å². The Labute approximate surface area is 114 Å². The third kappa shape index (κ3) is 2.48. The second-order valence-electron chi connectivity index (χ2n) is 5.13. The fourth-order valence-electron chi connectivity index (χ4n) is 3.08. The van der Waals surface area contributed by atoms with Crippen LogP contribution in [0.2, 0.25) is 0 Å². The fourth-order valence-corrected chi connectivity index (χ4v) is 3.08. The number of hydrogen-bond acceptors (Lipinski definition) is 3. The van der Waals surface area contributed by atoms with Crippen LogP contribution >= 0.6 is 0 Å². The van der Waals surface area contributed by atoms with Gasteiger partial charge in [-0.25, -0.2) is 0 Å². The van der Waals surface area contributed by atoms with E-state index >= 15 is 0 Å². The normalized spacial score (nSPS) is 18.6.